The molecule has 0 radical (unpaired) electrons. The Hall–Kier alpha value is -3.25. The summed E-state index contributed by atoms with van der Waals surface area (Å²) in [5, 5.41) is 18.9. The second-order valence-corrected chi connectivity index (χ2v) is 4.54. The third kappa shape index (κ3) is 3.17. The molecule has 1 aromatic heterocycles. The molecule has 1 aromatic carbocycles. The third-order valence-corrected chi connectivity index (χ3v) is 3.15. The molecule has 0 aliphatic heterocycles. The van der Waals surface area contributed by atoms with Crippen LogP contribution in [0.15, 0.2) is 24.3 Å². The monoisotopic (exact) mass is 308 g/mol. The van der Waals surface area contributed by atoms with Gasteiger partial charge in [0.25, 0.3) is 0 Å². The predicted octanol–water partition coefficient (Wildman–Crippen LogP) is 2.87. The lowest BCUT2D eigenvalue weighted by molar-refractivity contribution is 0.326. The highest BCUT2D eigenvalue weighted by Gasteiger charge is 2.21. The Labute approximate surface area is 134 Å². The lowest BCUT2D eigenvalue weighted by Gasteiger charge is -2.13. The van der Waals surface area contributed by atoms with Gasteiger partial charge in [0.1, 0.15) is 34.8 Å². The molecule has 0 spiro atoms. The standard InChI is InChI=1S/C17H16N4O2/c1-3-22-12-7-5-11(6-8-12)15-13(9-18)16(20)21-17(23-4-2)14(15)10-19/h5-8H,3-4H2,1-2H3,(H2,20,21). The Bertz CT molecular complexity index is 786. The number of rotatable bonds is 5. The van der Waals surface area contributed by atoms with Crippen LogP contribution in [-0.2, 0) is 0 Å². The van der Waals surface area contributed by atoms with E-state index in [4.69, 9.17) is 15.2 Å². The zero-order chi connectivity index (χ0) is 16.8. The van der Waals surface area contributed by atoms with E-state index in [9.17, 15) is 10.5 Å². The van der Waals surface area contributed by atoms with Crippen LogP contribution in [0.5, 0.6) is 11.6 Å². The summed E-state index contributed by atoms with van der Waals surface area (Å²) in [4.78, 5) is 4.02. The van der Waals surface area contributed by atoms with Gasteiger partial charge in [0, 0.05) is 5.56 Å². The molecule has 2 aromatic rings. The van der Waals surface area contributed by atoms with Crippen LogP contribution in [0.3, 0.4) is 0 Å². The van der Waals surface area contributed by atoms with Gasteiger partial charge < -0.3 is 15.2 Å². The quantitative estimate of drug-likeness (QED) is 0.910. The smallest absolute Gasteiger partial charge is 0.234 e. The summed E-state index contributed by atoms with van der Waals surface area (Å²) < 4.78 is 10.8. The summed E-state index contributed by atoms with van der Waals surface area (Å²) in [5.41, 5.74) is 7.31. The first kappa shape index (κ1) is 16.1. The Morgan fingerprint density at radius 3 is 2.13 bits per heavy atom. The van der Waals surface area contributed by atoms with Crippen LogP contribution in [0.4, 0.5) is 5.82 Å². The van der Waals surface area contributed by atoms with E-state index < -0.39 is 0 Å². The van der Waals surface area contributed by atoms with E-state index in [1.165, 1.54) is 0 Å². The highest BCUT2D eigenvalue weighted by Crippen LogP contribution is 2.35. The second kappa shape index (κ2) is 7.15. The summed E-state index contributed by atoms with van der Waals surface area (Å²) in [7, 11) is 0. The molecule has 2 N–H and O–H groups in total. The van der Waals surface area contributed by atoms with Crippen molar-refractivity contribution < 1.29 is 9.47 Å². The number of benzene rings is 1. The Kier molecular flexibility index (Phi) is 5.01. The van der Waals surface area contributed by atoms with Crippen molar-refractivity contribution in [2.24, 2.45) is 0 Å². The van der Waals surface area contributed by atoms with E-state index in [2.05, 4.69) is 11.1 Å². The number of nitrogen functional groups attached to an aromatic ring is 1. The minimum Gasteiger partial charge on any atom is -0.494 e. The average Bonchev–Trinajstić information content (AvgIpc) is 2.56. The summed E-state index contributed by atoms with van der Waals surface area (Å²) in [6.45, 7) is 4.58. The zero-order valence-corrected chi connectivity index (χ0v) is 13.0. The number of nitriles is 2. The van der Waals surface area contributed by atoms with Gasteiger partial charge in [-0.2, -0.15) is 15.5 Å². The van der Waals surface area contributed by atoms with E-state index in [-0.39, 0.29) is 22.8 Å². The van der Waals surface area contributed by atoms with Crippen LogP contribution in [0.1, 0.15) is 25.0 Å². The van der Waals surface area contributed by atoms with Crippen LogP contribution in [0.2, 0.25) is 0 Å². The first-order valence-corrected chi connectivity index (χ1v) is 7.15. The normalized spacial score (nSPS) is 9.74. The molecule has 0 unspecified atom stereocenters. The van der Waals surface area contributed by atoms with Crippen LogP contribution in [-0.4, -0.2) is 18.2 Å². The number of pyridine rings is 1. The van der Waals surface area contributed by atoms with Gasteiger partial charge in [-0.3, -0.25) is 0 Å². The van der Waals surface area contributed by atoms with Crippen molar-refractivity contribution in [2.75, 3.05) is 18.9 Å². The number of hydrogen-bond acceptors (Lipinski definition) is 6. The SMILES string of the molecule is CCOc1ccc(-c2c(C#N)c(N)nc(OCC)c2C#N)cc1. The van der Waals surface area contributed by atoms with Gasteiger partial charge >= 0.3 is 0 Å². The summed E-state index contributed by atoms with van der Waals surface area (Å²) in [6, 6.07) is 11.2. The topological polar surface area (TPSA) is 105 Å². The highest BCUT2D eigenvalue weighted by atomic mass is 16.5. The minimum absolute atomic E-state index is 0.0406. The first-order valence-electron chi connectivity index (χ1n) is 7.15. The molecule has 0 amide bonds. The van der Waals surface area contributed by atoms with Gasteiger partial charge in [0.05, 0.1) is 13.2 Å². The molecule has 0 aliphatic carbocycles. The van der Waals surface area contributed by atoms with E-state index in [0.717, 1.165) is 0 Å². The van der Waals surface area contributed by atoms with E-state index in [1.807, 2.05) is 13.0 Å². The highest BCUT2D eigenvalue weighted by molar-refractivity contribution is 5.82. The second-order valence-electron chi connectivity index (χ2n) is 4.54. The van der Waals surface area contributed by atoms with Gasteiger partial charge in [0.15, 0.2) is 0 Å². The molecule has 0 bridgehead atoms. The van der Waals surface area contributed by atoms with Crippen LogP contribution in [0, 0.1) is 22.7 Å². The lowest BCUT2D eigenvalue weighted by atomic mass is 9.96. The number of nitrogens with two attached hydrogens (primary N) is 1. The molecule has 0 saturated carbocycles. The molecular formula is C17H16N4O2. The van der Waals surface area contributed by atoms with Gasteiger partial charge in [-0.25, -0.2) is 0 Å². The summed E-state index contributed by atoms with van der Waals surface area (Å²) in [5.74, 6) is 0.884. The van der Waals surface area contributed by atoms with Crippen molar-refractivity contribution in [3.8, 4) is 34.9 Å². The predicted molar refractivity (Wildman–Crippen MR) is 85.9 cm³/mol. The van der Waals surface area contributed by atoms with Crippen LogP contribution in [0.25, 0.3) is 11.1 Å². The Morgan fingerprint density at radius 1 is 1.00 bits per heavy atom. The molecule has 6 nitrogen and oxygen atoms in total. The maximum Gasteiger partial charge on any atom is 0.234 e. The lowest BCUT2D eigenvalue weighted by Crippen LogP contribution is -2.06. The van der Waals surface area contributed by atoms with Gasteiger partial charge in [-0.15, -0.1) is 0 Å². The molecule has 23 heavy (non-hydrogen) atoms. The van der Waals surface area contributed by atoms with Crippen molar-refractivity contribution in [1.29, 1.82) is 10.5 Å². The maximum absolute atomic E-state index is 9.49. The Balaban J connectivity index is 2.68. The molecule has 0 aliphatic rings. The van der Waals surface area contributed by atoms with Crippen molar-refractivity contribution in [2.45, 2.75) is 13.8 Å². The number of hydrogen-bond donors (Lipinski definition) is 1. The maximum atomic E-state index is 9.49. The van der Waals surface area contributed by atoms with E-state index in [0.29, 0.717) is 30.1 Å². The molecule has 0 fully saturated rings. The summed E-state index contributed by atoms with van der Waals surface area (Å²) >= 11 is 0. The van der Waals surface area contributed by atoms with Gasteiger partial charge in [-0.05, 0) is 31.5 Å². The van der Waals surface area contributed by atoms with Crippen molar-refractivity contribution in [3.05, 3.63) is 35.4 Å². The van der Waals surface area contributed by atoms with E-state index in [1.54, 1.807) is 31.2 Å². The number of aromatic nitrogens is 1. The number of ether oxygens (including phenoxy) is 2. The Morgan fingerprint density at radius 2 is 1.61 bits per heavy atom. The largest absolute Gasteiger partial charge is 0.494 e. The number of nitrogens with zero attached hydrogens (tertiary/aromatic N) is 3. The molecule has 0 atom stereocenters. The number of anilines is 1. The van der Waals surface area contributed by atoms with Gasteiger partial charge in [0.2, 0.25) is 5.88 Å². The van der Waals surface area contributed by atoms with Crippen molar-refractivity contribution in [1.82, 2.24) is 4.98 Å². The van der Waals surface area contributed by atoms with Crippen molar-refractivity contribution >= 4 is 5.82 Å². The van der Waals surface area contributed by atoms with Crippen molar-refractivity contribution in [3.63, 3.8) is 0 Å². The summed E-state index contributed by atoms with van der Waals surface area (Å²) in [6.07, 6.45) is 0. The fourth-order valence-electron chi connectivity index (χ4n) is 2.21. The fraction of sp³-hybridized carbons (Fsp3) is 0.235. The molecule has 1 heterocycles. The molecule has 6 heteroatoms. The fourth-order valence-corrected chi connectivity index (χ4v) is 2.21. The van der Waals surface area contributed by atoms with Crippen LogP contribution >= 0.6 is 0 Å². The first-order chi connectivity index (χ1) is 11.2. The van der Waals surface area contributed by atoms with E-state index >= 15 is 0 Å². The molecule has 2 rings (SSSR count). The zero-order valence-electron chi connectivity index (χ0n) is 13.0. The molecular weight excluding hydrogens is 292 g/mol. The van der Waals surface area contributed by atoms with Gasteiger partial charge in [-0.1, -0.05) is 12.1 Å². The molecule has 116 valence electrons. The molecule has 0 saturated heterocycles. The average molecular weight is 308 g/mol. The third-order valence-electron chi connectivity index (χ3n) is 3.15. The minimum atomic E-state index is 0.0406. The van der Waals surface area contributed by atoms with Crippen LogP contribution < -0.4 is 15.2 Å².